The molecule has 0 aliphatic heterocycles. The van der Waals surface area contributed by atoms with Crippen molar-refractivity contribution in [3.8, 4) is 6.07 Å². The number of esters is 1. The molecule has 0 aliphatic carbocycles. The number of hydrogen-bond acceptors (Lipinski definition) is 5. The van der Waals surface area contributed by atoms with Crippen molar-refractivity contribution in [3.63, 3.8) is 0 Å². The van der Waals surface area contributed by atoms with Crippen LogP contribution in [0.25, 0.3) is 6.08 Å². The number of carbonyl (C=O) groups excluding carboxylic acids is 1. The molecule has 6 heteroatoms. The van der Waals surface area contributed by atoms with Crippen LogP contribution in [0.4, 0.5) is 0 Å². The number of carbonyl (C=O) groups is 1. The molecule has 0 radical (unpaired) electrons. The van der Waals surface area contributed by atoms with E-state index in [4.69, 9.17) is 9.47 Å². The second kappa shape index (κ2) is 8.81. The van der Waals surface area contributed by atoms with Gasteiger partial charge in [0.2, 0.25) is 0 Å². The van der Waals surface area contributed by atoms with E-state index in [1.165, 1.54) is 0 Å². The third-order valence-electron chi connectivity index (χ3n) is 3.85. The summed E-state index contributed by atoms with van der Waals surface area (Å²) >= 11 is 0. The van der Waals surface area contributed by atoms with E-state index in [9.17, 15) is 10.1 Å². The molecule has 0 saturated heterocycles. The van der Waals surface area contributed by atoms with Crippen LogP contribution in [-0.2, 0) is 27.4 Å². The zero-order chi connectivity index (χ0) is 18.2. The third-order valence-corrected chi connectivity index (χ3v) is 3.85. The van der Waals surface area contributed by atoms with Gasteiger partial charge in [-0.05, 0) is 43.7 Å². The highest BCUT2D eigenvalue weighted by molar-refractivity contribution is 5.98. The Hall–Kier alpha value is -2.91. The molecule has 2 heterocycles. The molecule has 0 fully saturated rings. The minimum Gasteiger partial charge on any atom is -0.455 e. The molecule has 0 spiro atoms. The first kappa shape index (κ1) is 18.4. The lowest BCUT2D eigenvalue weighted by Gasteiger charge is -2.08. The third kappa shape index (κ3) is 4.78. The largest absolute Gasteiger partial charge is 0.455 e. The van der Waals surface area contributed by atoms with Crippen molar-refractivity contribution in [1.82, 2.24) is 9.55 Å². The van der Waals surface area contributed by atoms with E-state index in [-0.39, 0.29) is 12.2 Å². The zero-order valence-corrected chi connectivity index (χ0v) is 14.7. The van der Waals surface area contributed by atoms with Crippen molar-refractivity contribution < 1.29 is 14.3 Å². The van der Waals surface area contributed by atoms with Gasteiger partial charge >= 0.3 is 5.97 Å². The van der Waals surface area contributed by atoms with Gasteiger partial charge in [0, 0.05) is 31.2 Å². The van der Waals surface area contributed by atoms with E-state index >= 15 is 0 Å². The lowest BCUT2D eigenvalue weighted by Crippen LogP contribution is -2.08. The standard InChI is InChI=1S/C19H21N3O3/c1-14-10-16(15(2)22(14)8-9-24-3)11-17(12-20)19(23)25-13-18-6-4-5-7-21-18/h4-7,10-11H,8-9,13H2,1-3H3/b17-11-. The summed E-state index contributed by atoms with van der Waals surface area (Å²) in [5.41, 5.74) is 3.42. The fourth-order valence-corrected chi connectivity index (χ4v) is 2.49. The smallest absolute Gasteiger partial charge is 0.349 e. The predicted molar refractivity (Wildman–Crippen MR) is 93.4 cm³/mol. The molecule has 2 aromatic rings. The van der Waals surface area contributed by atoms with Gasteiger partial charge in [0.1, 0.15) is 18.2 Å². The maximum absolute atomic E-state index is 12.2. The van der Waals surface area contributed by atoms with Crippen LogP contribution in [0.15, 0.2) is 36.0 Å². The van der Waals surface area contributed by atoms with Gasteiger partial charge < -0.3 is 14.0 Å². The zero-order valence-electron chi connectivity index (χ0n) is 14.7. The number of nitrogens with zero attached hydrogens (tertiary/aromatic N) is 3. The maximum atomic E-state index is 12.2. The van der Waals surface area contributed by atoms with E-state index in [1.807, 2.05) is 32.0 Å². The van der Waals surface area contributed by atoms with Crippen LogP contribution in [0, 0.1) is 25.2 Å². The monoisotopic (exact) mass is 339 g/mol. The first-order valence-corrected chi connectivity index (χ1v) is 7.91. The Labute approximate surface area is 147 Å². The summed E-state index contributed by atoms with van der Waals surface area (Å²) in [5.74, 6) is -0.658. The van der Waals surface area contributed by atoms with Gasteiger partial charge in [-0.15, -0.1) is 0 Å². The highest BCUT2D eigenvalue weighted by Gasteiger charge is 2.14. The van der Waals surface area contributed by atoms with Gasteiger partial charge in [-0.25, -0.2) is 4.79 Å². The number of aryl methyl sites for hydroxylation is 1. The van der Waals surface area contributed by atoms with E-state index in [1.54, 1.807) is 31.5 Å². The quantitative estimate of drug-likeness (QED) is 0.440. The second-order valence-electron chi connectivity index (χ2n) is 5.54. The van der Waals surface area contributed by atoms with Crippen molar-refractivity contribution in [3.05, 3.63) is 58.7 Å². The predicted octanol–water partition coefficient (Wildman–Crippen LogP) is 2.80. The number of aromatic nitrogens is 2. The van der Waals surface area contributed by atoms with Crippen molar-refractivity contribution in [2.45, 2.75) is 27.0 Å². The molecule has 0 aliphatic rings. The molecule has 0 saturated carbocycles. The van der Waals surface area contributed by atoms with Crippen LogP contribution in [-0.4, -0.2) is 29.2 Å². The molecule has 130 valence electrons. The summed E-state index contributed by atoms with van der Waals surface area (Å²) in [6.07, 6.45) is 3.19. The lowest BCUT2D eigenvalue weighted by molar-refractivity contribution is -0.139. The number of methoxy groups -OCH3 is 1. The van der Waals surface area contributed by atoms with Gasteiger partial charge in [0.15, 0.2) is 0 Å². The summed E-state index contributed by atoms with van der Waals surface area (Å²) in [6.45, 7) is 5.27. The van der Waals surface area contributed by atoms with Gasteiger partial charge in [0.25, 0.3) is 0 Å². The molecule has 0 unspecified atom stereocenters. The highest BCUT2D eigenvalue weighted by Crippen LogP contribution is 2.19. The Morgan fingerprint density at radius 3 is 2.84 bits per heavy atom. The molecule has 0 atom stereocenters. The van der Waals surface area contributed by atoms with Gasteiger partial charge in [-0.2, -0.15) is 5.26 Å². The van der Waals surface area contributed by atoms with Crippen LogP contribution in [0.1, 0.15) is 22.6 Å². The highest BCUT2D eigenvalue weighted by atomic mass is 16.5. The number of pyridine rings is 1. The average molecular weight is 339 g/mol. The fraction of sp³-hybridized carbons (Fsp3) is 0.316. The summed E-state index contributed by atoms with van der Waals surface area (Å²) in [7, 11) is 1.65. The lowest BCUT2D eigenvalue weighted by atomic mass is 10.1. The van der Waals surface area contributed by atoms with Crippen molar-refractivity contribution in [1.29, 1.82) is 5.26 Å². The SMILES string of the molecule is COCCn1c(C)cc(/C=C(/C#N)C(=O)OCc2ccccn2)c1C. The number of rotatable bonds is 7. The Balaban J connectivity index is 2.14. The van der Waals surface area contributed by atoms with Crippen molar-refractivity contribution in [2.75, 3.05) is 13.7 Å². The van der Waals surface area contributed by atoms with Crippen molar-refractivity contribution in [2.24, 2.45) is 0 Å². The summed E-state index contributed by atoms with van der Waals surface area (Å²) in [4.78, 5) is 16.2. The van der Waals surface area contributed by atoms with Crippen LogP contribution >= 0.6 is 0 Å². The summed E-state index contributed by atoms with van der Waals surface area (Å²) in [5, 5.41) is 9.30. The topological polar surface area (TPSA) is 77.1 Å². The van der Waals surface area contributed by atoms with Crippen LogP contribution < -0.4 is 0 Å². The number of hydrogen-bond donors (Lipinski definition) is 0. The molecular weight excluding hydrogens is 318 g/mol. The van der Waals surface area contributed by atoms with E-state index in [0.717, 1.165) is 17.0 Å². The van der Waals surface area contributed by atoms with Gasteiger partial charge in [0.05, 0.1) is 12.3 Å². The number of ether oxygens (including phenoxy) is 2. The Kier molecular flexibility index (Phi) is 6.49. The van der Waals surface area contributed by atoms with Crippen LogP contribution in [0.5, 0.6) is 0 Å². The van der Waals surface area contributed by atoms with E-state index in [0.29, 0.717) is 18.8 Å². The maximum Gasteiger partial charge on any atom is 0.349 e. The Morgan fingerprint density at radius 2 is 2.20 bits per heavy atom. The molecule has 0 N–H and O–H groups in total. The first-order chi connectivity index (χ1) is 12.1. The summed E-state index contributed by atoms with van der Waals surface area (Å²) < 4.78 is 12.4. The molecule has 25 heavy (non-hydrogen) atoms. The average Bonchev–Trinajstić information content (AvgIpc) is 2.89. The molecule has 0 aromatic carbocycles. The minimum absolute atomic E-state index is 0.0333. The molecule has 6 nitrogen and oxygen atoms in total. The second-order valence-corrected chi connectivity index (χ2v) is 5.54. The van der Waals surface area contributed by atoms with Crippen LogP contribution in [0.3, 0.4) is 0 Å². The fourth-order valence-electron chi connectivity index (χ4n) is 2.49. The molecular formula is C19H21N3O3. The van der Waals surface area contributed by atoms with E-state index < -0.39 is 5.97 Å². The van der Waals surface area contributed by atoms with Gasteiger partial charge in [-0.3, -0.25) is 4.98 Å². The summed E-state index contributed by atoms with van der Waals surface area (Å²) in [6, 6.07) is 9.21. The molecule has 2 aromatic heterocycles. The van der Waals surface area contributed by atoms with Crippen LogP contribution in [0.2, 0.25) is 0 Å². The van der Waals surface area contributed by atoms with Crippen molar-refractivity contribution >= 4 is 12.0 Å². The molecule has 0 amide bonds. The number of nitriles is 1. The Bertz CT molecular complexity index is 801. The minimum atomic E-state index is -0.658. The van der Waals surface area contributed by atoms with E-state index in [2.05, 4.69) is 9.55 Å². The normalized spacial score (nSPS) is 11.2. The Morgan fingerprint density at radius 1 is 1.40 bits per heavy atom. The molecule has 0 bridgehead atoms. The van der Waals surface area contributed by atoms with Gasteiger partial charge in [-0.1, -0.05) is 6.07 Å². The first-order valence-electron chi connectivity index (χ1n) is 7.91. The molecule has 2 rings (SSSR count).